The van der Waals surface area contributed by atoms with E-state index in [1.165, 1.54) is 24.4 Å². The van der Waals surface area contributed by atoms with Gasteiger partial charge in [-0.1, -0.05) is 36.4 Å². The normalized spacial score (nSPS) is 10.6. The van der Waals surface area contributed by atoms with Gasteiger partial charge in [0.1, 0.15) is 5.75 Å². The van der Waals surface area contributed by atoms with Crippen LogP contribution in [-0.2, 0) is 16.0 Å². The molecule has 0 fully saturated rings. The van der Waals surface area contributed by atoms with Gasteiger partial charge in [0, 0.05) is 48.2 Å². The molecule has 2 amide bonds. The monoisotopic (exact) mass is 503 g/mol. The number of anilines is 2. The van der Waals surface area contributed by atoms with E-state index >= 15 is 0 Å². The van der Waals surface area contributed by atoms with Gasteiger partial charge in [-0.2, -0.15) is 5.10 Å². The number of nitrogens with zero attached hydrogens (tertiary/aromatic N) is 3. The maximum Gasteiger partial charge on any atom is 0.271 e. The number of ether oxygens (including phenoxy) is 1. The molecule has 192 valence electrons. The van der Waals surface area contributed by atoms with Gasteiger partial charge in [0.05, 0.1) is 17.6 Å². The van der Waals surface area contributed by atoms with Crippen molar-refractivity contribution in [3.63, 3.8) is 0 Å². The van der Waals surface area contributed by atoms with Crippen LogP contribution < -0.4 is 20.4 Å². The molecular weight excluding hydrogens is 474 g/mol. The summed E-state index contributed by atoms with van der Waals surface area (Å²) in [5.74, 6) is -0.339. The van der Waals surface area contributed by atoms with Crippen LogP contribution in [0.1, 0.15) is 25.0 Å². The van der Waals surface area contributed by atoms with E-state index in [4.69, 9.17) is 4.74 Å². The van der Waals surface area contributed by atoms with E-state index in [9.17, 15) is 19.7 Å². The number of nitro benzene ring substituents is 1. The van der Waals surface area contributed by atoms with E-state index in [0.717, 1.165) is 24.3 Å². The fourth-order valence-electron chi connectivity index (χ4n) is 3.57. The molecule has 0 saturated heterocycles. The van der Waals surface area contributed by atoms with E-state index in [-0.39, 0.29) is 24.6 Å². The lowest BCUT2D eigenvalue weighted by molar-refractivity contribution is -0.384. The van der Waals surface area contributed by atoms with Crippen LogP contribution in [0.4, 0.5) is 17.1 Å². The maximum absolute atomic E-state index is 12.5. The highest BCUT2D eigenvalue weighted by molar-refractivity contribution is 5.92. The Morgan fingerprint density at radius 3 is 2.46 bits per heavy atom. The Labute approximate surface area is 215 Å². The minimum atomic E-state index is -0.533. The summed E-state index contributed by atoms with van der Waals surface area (Å²) >= 11 is 0. The molecule has 0 aliphatic carbocycles. The van der Waals surface area contributed by atoms with E-state index in [2.05, 4.69) is 20.7 Å². The van der Waals surface area contributed by atoms with Crippen molar-refractivity contribution in [2.45, 2.75) is 20.3 Å². The van der Waals surface area contributed by atoms with Gasteiger partial charge in [0.25, 0.3) is 11.6 Å². The zero-order chi connectivity index (χ0) is 26.6. The highest BCUT2D eigenvalue weighted by atomic mass is 16.6. The molecule has 0 aromatic heterocycles. The van der Waals surface area contributed by atoms with Gasteiger partial charge in [-0.15, -0.1) is 0 Å². The second kappa shape index (κ2) is 13.4. The van der Waals surface area contributed by atoms with Crippen molar-refractivity contribution in [2.24, 2.45) is 5.10 Å². The highest BCUT2D eigenvalue weighted by Gasteiger charge is 2.12. The van der Waals surface area contributed by atoms with Gasteiger partial charge in [0.2, 0.25) is 5.91 Å². The van der Waals surface area contributed by atoms with Crippen molar-refractivity contribution in [3.05, 3.63) is 94.0 Å². The predicted molar refractivity (Wildman–Crippen MR) is 143 cm³/mol. The number of hydrogen-bond donors (Lipinski definition) is 2. The van der Waals surface area contributed by atoms with Crippen LogP contribution in [0.3, 0.4) is 0 Å². The average Bonchev–Trinajstić information content (AvgIpc) is 2.89. The number of carbonyl (C=O) groups excluding carboxylic acids is 2. The van der Waals surface area contributed by atoms with Crippen LogP contribution in [0.25, 0.3) is 0 Å². The van der Waals surface area contributed by atoms with Crippen molar-refractivity contribution >= 4 is 35.1 Å². The third-order valence-electron chi connectivity index (χ3n) is 5.43. The van der Waals surface area contributed by atoms with Gasteiger partial charge in [-0.3, -0.25) is 19.7 Å². The van der Waals surface area contributed by atoms with Gasteiger partial charge in [0.15, 0.2) is 6.61 Å². The number of non-ortho nitro benzene ring substituents is 1. The van der Waals surface area contributed by atoms with Crippen molar-refractivity contribution in [3.8, 4) is 5.75 Å². The summed E-state index contributed by atoms with van der Waals surface area (Å²) in [7, 11) is 0. The molecule has 0 bridgehead atoms. The molecule has 10 nitrogen and oxygen atoms in total. The molecule has 0 atom stereocenters. The summed E-state index contributed by atoms with van der Waals surface area (Å²) in [4.78, 5) is 37.2. The molecule has 10 heteroatoms. The number of carbonyl (C=O) groups is 2. The highest BCUT2D eigenvalue weighted by Crippen LogP contribution is 2.25. The molecule has 0 saturated carbocycles. The first-order valence-electron chi connectivity index (χ1n) is 11.8. The molecule has 2 N–H and O–H groups in total. The number of nitrogens with one attached hydrogen (secondary N) is 2. The second-order valence-corrected chi connectivity index (χ2v) is 7.99. The van der Waals surface area contributed by atoms with Crippen LogP contribution in [-0.4, -0.2) is 42.6 Å². The molecule has 0 heterocycles. The van der Waals surface area contributed by atoms with Crippen LogP contribution in [0, 0.1) is 10.1 Å². The zero-order valence-corrected chi connectivity index (χ0v) is 20.7. The number of hydrazone groups is 1. The molecule has 3 aromatic carbocycles. The summed E-state index contributed by atoms with van der Waals surface area (Å²) in [6.07, 6.45) is 1.66. The summed E-state index contributed by atoms with van der Waals surface area (Å²) < 4.78 is 5.81. The molecule has 0 spiro atoms. The molecule has 0 aliphatic rings. The molecule has 0 unspecified atom stereocenters. The third kappa shape index (κ3) is 8.17. The van der Waals surface area contributed by atoms with Crippen molar-refractivity contribution in [1.29, 1.82) is 0 Å². The first kappa shape index (κ1) is 26.9. The van der Waals surface area contributed by atoms with Gasteiger partial charge in [-0.25, -0.2) is 5.43 Å². The van der Waals surface area contributed by atoms with E-state index in [1.54, 1.807) is 18.2 Å². The van der Waals surface area contributed by atoms with Crippen LogP contribution in [0.2, 0.25) is 0 Å². The minimum Gasteiger partial charge on any atom is -0.483 e. The molecule has 0 radical (unpaired) electrons. The molecule has 0 aliphatic heterocycles. The number of rotatable bonds is 12. The van der Waals surface area contributed by atoms with Crippen LogP contribution in [0.15, 0.2) is 77.9 Å². The molecule has 37 heavy (non-hydrogen) atoms. The Hall–Kier alpha value is -4.73. The maximum atomic E-state index is 12.5. The summed E-state index contributed by atoms with van der Waals surface area (Å²) in [5.41, 5.74) is 5.02. The fourth-order valence-corrected chi connectivity index (χ4v) is 3.57. The van der Waals surface area contributed by atoms with Crippen LogP contribution in [0.5, 0.6) is 5.75 Å². The van der Waals surface area contributed by atoms with Crippen molar-refractivity contribution < 1.29 is 19.2 Å². The standard InChI is InChI=1S/C27H29N5O5/c1-3-31(4-2)23-14-13-21(18-28-30-26(33)15-20-9-6-5-7-10-20)25(17-23)37-19-27(34)29-22-11-8-12-24(16-22)32(35)36/h5-14,16-18H,3-4,15,19H2,1-2H3,(H,29,34)(H,30,33)/b28-18-. The Morgan fingerprint density at radius 1 is 1.00 bits per heavy atom. The number of nitro groups is 1. The number of amides is 2. The smallest absolute Gasteiger partial charge is 0.271 e. The second-order valence-electron chi connectivity index (χ2n) is 7.99. The van der Waals surface area contributed by atoms with E-state index < -0.39 is 10.8 Å². The Bertz CT molecular complexity index is 1260. The van der Waals surface area contributed by atoms with Crippen molar-refractivity contribution in [1.82, 2.24) is 5.43 Å². The summed E-state index contributed by atoms with van der Waals surface area (Å²) in [6, 6.07) is 20.5. The Kier molecular flexibility index (Phi) is 9.72. The topological polar surface area (TPSA) is 126 Å². The van der Waals surface area contributed by atoms with Gasteiger partial charge >= 0.3 is 0 Å². The quantitative estimate of drug-likeness (QED) is 0.217. The zero-order valence-electron chi connectivity index (χ0n) is 20.7. The lowest BCUT2D eigenvalue weighted by Gasteiger charge is -2.22. The van der Waals surface area contributed by atoms with Crippen molar-refractivity contribution in [2.75, 3.05) is 29.9 Å². The predicted octanol–water partition coefficient (Wildman–Crippen LogP) is 4.15. The first-order valence-corrected chi connectivity index (χ1v) is 11.8. The lowest BCUT2D eigenvalue weighted by Crippen LogP contribution is -2.23. The SMILES string of the molecule is CCN(CC)c1ccc(/C=N\NC(=O)Cc2ccccc2)c(OCC(=O)Nc2cccc([N+](=O)[O-])c2)c1. The van der Waals surface area contributed by atoms with Crippen LogP contribution >= 0.6 is 0 Å². The summed E-state index contributed by atoms with van der Waals surface area (Å²) in [5, 5.41) is 17.6. The van der Waals surface area contributed by atoms with Gasteiger partial charge in [-0.05, 0) is 37.6 Å². The minimum absolute atomic E-state index is 0.126. The lowest BCUT2D eigenvalue weighted by atomic mass is 10.1. The fraction of sp³-hybridized carbons (Fsp3) is 0.222. The molecular formula is C27H29N5O5. The summed E-state index contributed by atoms with van der Waals surface area (Å²) in [6.45, 7) is 5.31. The Balaban J connectivity index is 1.70. The van der Waals surface area contributed by atoms with E-state index in [0.29, 0.717) is 17.0 Å². The number of hydrogen-bond acceptors (Lipinski definition) is 7. The third-order valence-corrected chi connectivity index (χ3v) is 5.43. The first-order chi connectivity index (χ1) is 17.9. The molecule has 3 rings (SSSR count). The largest absolute Gasteiger partial charge is 0.483 e. The Morgan fingerprint density at radius 2 is 1.76 bits per heavy atom. The van der Waals surface area contributed by atoms with Gasteiger partial charge < -0.3 is 15.0 Å². The average molecular weight is 504 g/mol. The van der Waals surface area contributed by atoms with E-state index in [1.807, 2.05) is 50.2 Å². The number of benzene rings is 3. The molecule has 3 aromatic rings.